The van der Waals surface area contributed by atoms with Crippen molar-refractivity contribution in [3.63, 3.8) is 0 Å². The van der Waals surface area contributed by atoms with Crippen molar-refractivity contribution < 1.29 is 13.9 Å². The number of carbonyl (C=O) groups is 1. The van der Waals surface area contributed by atoms with E-state index in [1.165, 1.54) is 5.56 Å². The largest absolute Gasteiger partial charge is 0.494 e. The van der Waals surface area contributed by atoms with E-state index >= 15 is 0 Å². The third kappa shape index (κ3) is 3.00. The molecular formula is C20H21NO3. The number of hydrogen-bond acceptors (Lipinski definition) is 3. The fourth-order valence-corrected chi connectivity index (χ4v) is 2.75. The molecule has 0 bridgehead atoms. The zero-order valence-electron chi connectivity index (χ0n) is 14.4. The highest BCUT2D eigenvalue weighted by molar-refractivity contribution is 6.13. The summed E-state index contributed by atoms with van der Waals surface area (Å²) in [5, 5.41) is 3.72. The Bertz CT molecular complexity index is 909. The van der Waals surface area contributed by atoms with Crippen molar-refractivity contribution in [3.05, 3.63) is 58.8 Å². The Morgan fingerprint density at radius 3 is 2.58 bits per heavy atom. The van der Waals surface area contributed by atoms with Crippen LogP contribution in [0.25, 0.3) is 11.0 Å². The van der Waals surface area contributed by atoms with Crippen molar-refractivity contribution in [1.29, 1.82) is 0 Å². The second kappa shape index (κ2) is 6.40. The molecule has 1 heterocycles. The van der Waals surface area contributed by atoms with Crippen LogP contribution in [0.3, 0.4) is 0 Å². The normalized spacial score (nSPS) is 10.8. The van der Waals surface area contributed by atoms with E-state index in [0.717, 1.165) is 22.4 Å². The number of ether oxygens (including phenoxy) is 1. The summed E-state index contributed by atoms with van der Waals surface area (Å²) in [5.74, 6) is 1.15. The Kier molecular flexibility index (Phi) is 4.30. The number of fused-ring (bicyclic) bond motifs is 1. The standard InChI is InChI=1S/C20H21NO3/c1-5-23-16-8-9-18-17(11-16)19(14(4)24-18)20(22)21-15-7-6-12(2)13(3)10-15/h6-11H,5H2,1-4H3,(H,21,22). The molecule has 0 radical (unpaired) electrons. The van der Waals surface area contributed by atoms with Crippen LogP contribution in [-0.4, -0.2) is 12.5 Å². The molecule has 0 saturated heterocycles. The van der Waals surface area contributed by atoms with Gasteiger partial charge in [0.1, 0.15) is 17.1 Å². The molecule has 2 aromatic carbocycles. The van der Waals surface area contributed by atoms with Crippen molar-refractivity contribution >= 4 is 22.6 Å². The summed E-state index contributed by atoms with van der Waals surface area (Å²) in [6.07, 6.45) is 0. The van der Waals surface area contributed by atoms with E-state index in [0.29, 0.717) is 23.5 Å². The average molecular weight is 323 g/mol. The summed E-state index contributed by atoms with van der Waals surface area (Å²) in [6, 6.07) is 11.4. The van der Waals surface area contributed by atoms with E-state index in [4.69, 9.17) is 9.15 Å². The van der Waals surface area contributed by atoms with Crippen LogP contribution in [0, 0.1) is 20.8 Å². The summed E-state index contributed by atoms with van der Waals surface area (Å²) in [4.78, 5) is 12.8. The molecule has 0 aliphatic heterocycles. The molecule has 4 nitrogen and oxygen atoms in total. The highest BCUT2D eigenvalue weighted by atomic mass is 16.5. The lowest BCUT2D eigenvalue weighted by Gasteiger charge is -2.08. The summed E-state index contributed by atoms with van der Waals surface area (Å²) in [7, 11) is 0. The van der Waals surface area contributed by atoms with Crippen molar-refractivity contribution in [2.24, 2.45) is 0 Å². The number of nitrogens with one attached hydrogen (secondary N) is 1. The highest BCUT2D eigenvalue weighted by Crippen LogP contribution is 2.30. The van der Waals surface area contributed by atoms with Crippen LogP contribution in [0.4, 0.5) is 5.69 Å². The monoisotopic (exact) mass is 323 g/mol. The molecule has 0 aliphatic rings. The summed E-state index contributed by atoms with van der Waals surface area (Å²) in [5.41, 5.74) is 4.34. The molecule has 1 aromatic heterocycles. The molecule has 0 fully saturated rings. The van der Waals surface area contributed by atoms with Crippen LogP contribution >= 0.6 is 0 Å². The average Bonchev–Trinajstić information content (AvgIpc) is 2.86. The van der Waals surface area contributed by atoms with Crippen LogP contribution in [0.15, 0.2) is 40.8 Å². The quantitative estimate of drug-likeness (QED) is 0.734. The number of hydrogen-bond donors (Lipinski definition) is 1. The van der Waals surface area contributed by atoms with Gasteiger partial charge in [0.25, 0.3) is 5.91 Å². The van der Waals surface area contributed by atoms with Gasteiger partial charge in [-0.25, -0.2) is 0 Å². The van der Waals surface area contributed by atoms with Gasteiger partial charge < -0.3 is 14.5 Å². The Morgan fingerprint density at radius 1 is 1.08 bits per heavy atom. The molecule has 0 saturated carbocycles. The predicted molar refractivity (Wildman–Crippen MR) is 96.0 cm³/mol. The van der Waals surface area contributed by atoms with Gasteiger partial charge >= 0.3 is 0 Å². The van der Waals surface area contributed by atoms with E-state index in [9.17, 15) is 4.79 Å². The fourth-order valence-electron chi connectivity index (χ4n) is 2.75. The zero-order valence-corrected chi connectivity index (χ0v) is 14.4. The summed E-state index contributed by atoms with van der Waals surface area (Å²) < 4.78 is 11.2. The third-order valence-electron chi connectivity index (χ3n) is 4.14. The molecular weight excluding hydrogens is 302 g/mol. The minimum Gasteiger partial charge on any atom is -0.494 e. The molecule has 3 rings (SSSR count). The van der Waals surface area contributed by atoms with Gasteiger partial charge in [0, 0.05) is 11.1 Å². The second-order valence-electron chi connectivity index (χ2n) is 5.88. The van der Waals surface area contributed by atoms with Gasteiger partial charge in [0.05, 0.1) is 12.2 Å². The highest BCUT2D eigenvalue weighted by Gasteiger charge is 2.19. The number of rotatable bonds is 4. The van der Waals surface area contributed by atoms with Gasteiger partial charge in [-0.05, 0) is 69.2 Å². The molecule has 0 spiro atoms. The first kappa shape index (κ1) is 16.1. The summed E-state index contributed by atoms with van der Waals surface area (Å²) >= 11 is 0. The van der Waals surface area contributed by atoms with E-state index in [1.807, 2.05) is 57.2 Å². The van der Waals surface area contributed by atoms with Gasteiger partial charge in [-0.1, -0.05) is 6.07 Å². The van der Waals surface area contributed by atoms with Crippen LogP contribution in [0.1, 0.15) is 34.2 Å². The van der Waals surface area contributed by atoms with Crippen molar-refractivity contribution in [1.82, 2.24) is 0 Å². The summed E-state index contributed by atoms with van der Waals surface area (Å²) in [6.45, 7) is 8.38. The van der Waals surface area contributed by atoms with Crippen LogP contribution < -0.4 is 10.1 Å². The van der Waals surface area contributed by atoms with E-state index in [2.05, 4.69) is 5.32 Å². The molecule has 4 heteroatoms. The first-order valence-corrected chi connectivity index (χ1v) is 8.04. The molecule has 1 N–H and O–H groups in total. The maximum Gasteiger partial charge on any atom is 0.259 e. The number of aryl methyl sites for hydroxylation is 3. The van der Waals surface area contributed by atoms with Gasteiger partial charge in [0.15, 0.2) is 0 Å². The number of anilines is 1. The third-order valence-corrected chi connectivity index (χ3v) is 4.14. The fraction of sp³-hybridized carbons (Fsp3) is 0.250. The number of furan rings is 1. The van der Waals surface area contributed by atoms with Gasteiger partial charge in [0.2, 0.25) is 0 Å². The predicted octanol–water partition coefficient (Wildman–Crippen LogP) is 5.01. The van der Waals surface area contributed by atoms with E-state index in [1.54, 1.807) is 6.92 Å². The maximum absolute atomic E-state index is 12.8. The Hall–Kier alpha value is -2.75. The minimum absolute atomic E-state index is 0.178. The lowest BCUT2D eigenvalue weighted by atomic mass is 10.1. The molecule has 124 valence electrons. The first-order valence-electron chi connectivity index (χ1n) is 8.04. The van der Waals surface area contributed by atoms with Crippen molar-refractivity contribution in [3.8, 4) is 5.75 Å². The lowest BCUT2D eigenvalue weighted by Crippen LogP contribution is -2.12. The number of carbonyl (C=O) groups excluding carboxylic acids is 1. The molecule has 24 heavy (non-hydrogen) atoms. The molecule has 3 aromatic rings. The maximum atomic E-state index is 12.8. The van der Waals surface area contributed by atoms with Gasteiger partial charge in [-0.2, -0.15) is 0 Å². The van der Waals surface area contributed by atoms with Crippen molar-refractivity contribution in [2.45, 2.75) is 27.7 Å². The number of benzene rings is 2. The van der Waals surface area contributed by atoms with Gasteiger partial charge in [-0.15, -0.1) is 0 Å². The topological polar surface area (TPSA) is 51.5 Å². The second-order valence-corrected chi connectivity index (χ2v) is 5.88. The number of amides is 1. The Balaban J connectivity index is 1.97. The smallest absolute Gasteiger partial charge is 0.259 e. The van der Waals surface area contributed by atoms with E-state index in [-0.39, 0.29) is 5.91 Å². The molecule has 0 aliphatic carbocycles. The van der Waals surface area contributed by atoms with E-state index < -0.39 is 0 Å². The van der Waals surface area contributed by atoms with Crippen LogP contribution in [-0.2, 0) is 0 Å². The Labute approximate surface area is 141 Å². The van der Waals surface area contributed by atoms with Crippen LogP contribution in [0.2, 0.25) is 0 Å². The Morgan fingerprint density at radius 2 is 1.88 bits per heavy atom. The SMILES string of the molecule is CCOc1ccc2oc(C)c(C(=O)Nc3ccc(C)c(C)c3)c2c1. The lowest BCUT2D eigenvalue weighted by molar-refractivity contribution is 0.102. The first-order chi connectivity index (χ1) is 11.5. The minimum atomic E-state index is -0.178. The van der Waals surface area contributed by atoms with Crippen LogP contribution in [0.5, 0.6) is 5.75 Å². The molecule has 0 unspecified atom stereocenters. The molecule has 1 amide bonds. The zero-order chi connectivity index (χ0) is 17.3. The van der Waals surface area contributed by atoms with Crippen molar-refractivity contribution in [2.75, 3.05) is 11.9 Å². The molecule has 0 atom stereocenters. The van der Waals surface area contributed by atoms with Gasteiger partial charge in [-0.3, -0.25) is 4.79 Å².